The van der Waals surface area contributed by atoms with Crippen LogP contribution in [0, 0.1) is 0 Å². The van der Waals surface area contributed by atoms with Gasteiger partial charge in [0.15, 0.2) is 5.43 Å². The third-order valence-corrected chi connectivity index (χ3v) is 2.20. The van der Waals surface area contributed by atoms with Crippen LogP contribution in [0.3, 0.4) is 0 Å². The molecule has 0 fully saturated rings. The van der Waals surface area contributed by atoms with Crippen molar-refractivity contribution < 1.29 is 4.79 Å². The monoisotopic (exact) mass is 206 g/mol. The summed E-state index contributed by atoms with van der Waals surface area (Å²) in [7, 11) is 3.21. The van der Waals surface area contributed by atoms with Crippen molar-refractivity contribution >= 4 is 16.9 Å². The van der Waals surface area contributed by atoms with Crippen LogP contribution in [0.4, 0.5) is 0 Å². The zero-order chi connectivity index (χ0) is 11.0. The molecule has 15 heavy (non-hydrogen) atoms. The molecule has 0 radical (unpaired) electrons. The fourth-order valence-electron chi connectivity index (χ4n) is 1.40. The third kappa shape index (κ3) is 1.39. The lowest BCUT2D eigenvalue weighted by Gasteiger charge is -2.00. The second kappa shape index (κ2) is 3.23. The number of H-pyrrole nitrogens is 1. The molecule has 0 bridgehead atoms. The highest BCUT2D eigenvalue weighted by atomic mass is 16.2. The third-order valence-electron chi connectivity index (χ3n) is 2.20. The molecule has 0 saturated heterocycles. The van der Waals surface area contributed by atoms with E-state index in [1.54, 1.807) is 7.05 Å². The summed E-state index contributed by atoms with van der Waals surface area (Å²) in [4.78, 5) is 25.8. The molecule has 0 spiro atoms. The quantitative estimate of drug-likeness (QED) is 0.667. The van der Waals surface area contributed by atoms with Gasteiger partial charge in [-0.15, -0.1) is 0 Å². The fraction of sp³-hybridized carbons (Fsp3) is 0.222. The first-order valence-electron chi connectivity index (χ1n) is 4.40. The summed E-state index contributed by atoms with van der Waals surface area (Å²) in [6.07, 6.45) is 1.47. The smallest absolute Gasteiger partial charge is 0.267 e. The molecule has 0 aliphatic carbocycles. The van der Waals surface area contributed by atoms with E-state index in [4.69, 9.17) is 0 Å². The van der Waals surface area contributed by atoms with Gasteiger partial charge in [-0.1, -0.05) is 0 Å². The normalized spacial score (nSPS) is 10.5. The predicted molar refractivity (Wildman–Crippen MR) is 54.7 cm³/mol. The second-order valence-electron chi connectivity index (χ2n) is 3.16. The molecule has 0 unspecified atom stereocenters. The van der Waals surface area contributed by atoms with Gasteiger partial charge >= 0.3 is 0 Å². The maximum atomic E-state index is 11.6. The number of amides is 1. The highest BCUT2D eigenvalue weighted by Crippen LogP contribution is 2.05. The molecule has 1 amide bonds. The molecule has 2 N–H and O–H groups in total. The van der Waals surface area contributed by atoms with Crippen LogP contribution in [0.1, 0.15) is 10.5 Å². The second-order valence-corrected chi connectivity index (χ2v) is 3.16. The lowest BCUT2D eigenvalue weighted by molar-refractivity contribution is 0.0958. The van der Waals surface area contributed by atoms with Crippen LogP contribution in [-0.4, -0.2) is 27.7 Å². The fourth-order valence-corrected chi connectivity index (χ4v) is 1.40. The van der Waals surface area contributed by atoms with E-state index in [0.717, 1.165) is 0 Å². The Morgan fingerprint density at radius 1 is 1.60 bits per heavy atom. The summed E-state index contributed by atoms with van der Waals surface area (Å²) >= 11 is 0. The minimum Gasteiger partial charge on any atom is -0.354 e. The number of aromatic amines is 1. The molecule has 0 saturated carbocycles. The molecule has 0 aromatic carbocycles. The summed E-state index contributed by atoms with van der Waals surface area (Å²) in [6.45, 7) is 0. The lowest BCUT2D eigenvalue weighted by Crippen LogP contribution is -2.21. The summed E-state index contributed by atoms with van der Waals surface area (Å²) in [5.74, 6) is -0.324. The summed E-state index contributed by atoms with van der Waals surface area (Å²) in [6, 6.07) is 1.27. The van der Waals surface area contributed by atoms with Gasteiger partial charge in [-0.2, -0.15) is 5.10 Å². The van der Waals surface area contributed by atoms with Crippen LogP contribution in [-0.2, 0) is 7.05 Å². The molecule has 78 valence electrons. The highest BCUT2D eigenvalue weighted by molar-refractivity contribution is 5.94. The van der Waals surface area contributed by atoms with E-state index in [9.17, 15) is 9.59 Å². The number of rotatable bonds is 1. The number of nitrogens with one attached hydrogen (secondary N) is 2. The Balaban J connectivity index is 2.76. The van der Waals surface area contributed by atoms with Crippen molar-refractivity contribution in [2.75, 3.05) is 7.05 Å². The van der Waals surface area contributed by atoms with Crippen LogP contribution in [0.2, 0.25) is 0 Å². The number of carbonyl (C=O) groups excluding carboxylic acids is 1. The van der Waals surface area contributed by atoms with Gasteiger partial charge in [-0.05, 0) is 0 Å². The Hall–Kier alpha value is -2.11. The van der Waals surface area contributed by atoms with E-state index in [2.05, 4.69) is 15.4 Å². The molecule has 0 atom stereocenters. The zero-order valence-electron chi connectivity index (χ0n) is 8.37. The number of fused-ring (bicyclic) bond motifs is 1. The summed E-state index contributed by atoms with van der Waals surface area (Å²) in [5.41, 5.74) is 0.565. The molecular formula is C9H10N4O2. The average Bonchev–Trinajstić information content (AvgIpc) is 2.60. The lowest BCUT2D eigenvalue weighted by atomic mass is 10.3. The average molecular weight is 206 g/mol. The Morgan fingerprint density at radius 3 is 3.00 bits per heavy atom. The van der Waals surface area contributed by atoms with E-state index in [1.807, 2.05) is 0 Å². The molecule has 6 heteroatoms. The van der Waals surface area contributed by atoms with E-state index in [-0.39, 0.29) is 17.0 Å². The Kier molecular flexibility index (Phi) is 2.03. The predicted octanol–water partition coefficient (Wildman–Crippen LogP) is -0.379. The van der Waals surface area contributed by atoms with Crippen molar-refractivity contribution in [3.05, 3.63) is 28.2 Å². The Bertz CT molecular complexity index is 581. The molecule has 2 heterocycles. The molecular weight excluding hydrogens is 196 g/mol. The van der Waals surface area contributed by atoms with Crippen molar-refractivity contribution in [3.8, 4) is 0 Å². The van der Waals surface area contributed by atoms with Gasteiger partial charge in [0.25, 0.3) is 5.91 Å². The van der Waals surface area contributed by atoms with Crippen molar-refractivity contribution in [1.82, 2.24) is 20.1 Å². The Labute approximate surface area is 84.9 Å². The molecule has 2 rings (SSSR count). The first kappa shape index (κ1) is 9.45. The number of nitrogens with zero attached hydrogens (tertiary/aromatic N) is 2. The van der Waals surface area contributed by atoms with E-state index in [0.29, 0.717) is 11.0 Å². The summed E-state index contributed by atoms with van der Waals surface area (Å²) < 4.78 is 1.52. The number of carbonyl (C=O) groups is 1. The maximum Gasteiger partial charge on any atom is 0.267 e. The standard InChI is InChI=1S/C9H10N4O2/c1-10-9(15)6-3-7(14)5-4-11-13(2)8(5)12-6/h3-4H,1-2H3,(H,10,15)(H,12,14). The van der Waals surface area contributed by atoms with Crippen molar-refractivity contribution in [3.63, 3.8) is 0 Å². The van der Waals surface area contributed by atoms with Gasteiger partial charge in [-0.3, -0.25) is 14.3 Å². The van der Waals surface area contributed by atoms with E-state index in [1.165, 1.54) is 24.0 Å². The van der Waals surface area contributed by atoms with Gasteiger partial charge in [0.05, 0.1) is 11.6 Å². The first-order valence-corrected chi connectivity index (χ1v) is 4.40. The van der Waals surface area contributed by atoms with E-state index >= 15 is 0 Å². The minimum absolute atomic E-state index is 0.213. The molecule has 2 aromatic heterocycles. The van der Waals surface area contributed by atoms with Gasteiger partial charge in [-0.25, -0.2) is 0 Å². The zero-order valence-corrected chi connectivity index (χ0v) is 8.37. The van der Waals surface area contributed by atoms with Crippen LogP contribution in [0.5, 0.6) is 0 Å². The molecule has 2 aromatic rings. The number of pyridine rings is 1. The van der Waals surface area contributed by atoms with Gasteiger partial charge < -0.3 is 10.3 Å². The van der Waals surface area contributed by atoms with Crippen molar-refractivity contribution in [1.29, 1.82) is 0 Å². The van der Waals surface area contributed by atoms with Gasteiger partial charge in [0.1, 0.15) is 11.3 Å². The van der Waals surface area contributed by atoms with Crippen molar-refractivity contribution in [2.45, 2.75) is 0 Å². The maximum absolute atomic E-state index is 11.6. The number of aryl methyl sites for hydroxylation is 1. The Morgan fingerprint density at radius 2 is 2.33 bits per heavy atom. The summed E-state index contributed by atoms with van der Waals surface area (Å²) in [5, 5.41) is 6.86. The van der Waals surface area contributed by atoms with Crippen molar-refractivity contribution in [2.24, 2.45) is 7.05 Å². The minimum atomic E-state index is -0.324. The molecule has 0 aliphatic heterocycles. The molecule has 0 aliphatic rings. The highest BCUT2D eigenvalue weighted by Gasteiger charge is 2.10. The van der Waals surface area contributed by atoms with Crippen LogP contribution in [0.25, 0.3) is 11.0 Å². The van der Waals surface area contributed by atoms with Gasteiger partial charge in [0, 0.05) is 20.2 Å². The number of aromatic nitrogens is 3. The van der Waals surface area contributed by atoms with Crippen LogP contribution < -0.4 is 10.7 Å². The van der Waals surface area contributed by atoms with Gasteiger partial charge in [0.2, 0.25) is 0 Å². The largest absolute Gasteiger partial charge is 0.354 e. The molecule has 6 nitrogen and oxygen atoms in total. The van der Waals surface area contributed by atoms with Crippen LogP contribution in [0.15, 0.2) is 17.1 Å². The SMILES string of the molecule is CNC(=O)c1cc(=O)c2cnn(C)c2[nH]1. The number of hydrogen-bond acceptors (Lipinski definition) is 3. The number of hydrogen-bond donors (Lipinski definition) is 2. The van der Waals surface area contributed by atoms with Crippen LogP contribution >= 0.6 is 0 Å². The first-order chi connectivity index (χ1) is 7.13. The van der Waals surface area contributed by atoms with E-state index < -0.39 is 0 Å². The topological polar surface area (TPSA) is 79.8 Å².